The first kappa shape index (κ1) is 13.1. The molecule has 0 aliphatic carbocycles. The number of hydrogen-bond acceptors (Lipinski definition) is 4. The highest BCUT2D eigenvalue weighted by Gasteiger charge is 2.27. The molecule has 2 heterocycles. The number of piperidine rings is 1. The van der Waals surface area contributed by atoms with Crippen molar-refractivity contribution in [1.82, 2.24) is 9.55 Å². The van der Waals surface area contributed by atoms with Gasteiger partial charge in [0.05, 0.1) is 0 Å². The predicted molar refractivity (Wildman–Crippen MR) is 72.8 cm³/mol. The average molecular weight is 250 g/mol. The largest absolute Gasteiger partial charge is 0.349 e. The topological polar surface area (TPSA) is 64.2 Å². The lowest BCUT2D eigenvalue weighted by Crippen LogP contribution is -2.47. The smallest absolute Gasteiger partial charge is 0.293 e. The molecule has 1 aromatic rings. The molecule has 2 unspecified atom stereocenters. The van der Waals surface area contributed by atoms with E-state index in [0.29, 0.717) is 30.9 Å². The Balaban J connectivity index is 2.32. The fourth-order valence-electron chi connectivity index (χ4n) is 2.55. The van der Waals surface area contributed by atoms with Crippen LogP contribution in [0.25, 0.3) is 0 Å². The average Bonchev–Trinajstić information content (AvgIpc) is 2.40. The van der Waals surface area contributed by atoms with Crippen LogP contribution in [-0.2, 0) is 6.54 Å². The van der Waals surface area contributed by atoms with Gasteiger partial charge in [-0.2, -0.15) is 0 Å². The van der Waals surface area contributed by atoms with E-state index in [1.165, 1.54) is 0 Å². The number of anilines is 1. The van der Waals surface area contributed by atoms with Crippen molar-refractivity contribution in [2.45, 2.75) is 39.3 Å². The second-order valence-corrected chi connectivity index (χ2v) is 5.02. The number of rotatable bonds is 3. The molecule has 1 fully saturated rings. The van der Waals surface area contributed by atoms with Gasteiger partial charge in [-0.15, -0.1) is 0 Å². The Morgan fingerprint density at radius 2 is 2.28 bits per heavy atom. The van der Waals surface area contributed by atoms with Crippen LogP contribution in [0.1, 0.15) is 26.7 Å². The first-order valence-corrected chi connectivity index (χ1v) is 6.69. The van der Waals surface area contributed by atoms with Crippen molar-refractivity contribution < 1.29 is 0 Å². The molecular weight excluding hydrogens is 228 g/mol. The molecule has 5 nitrogen and oxygen atoms in total. The molecule has 0 radical (unpaired) electrons. The van der Waals surface area contributed by atoms with Crippen molar-refractivity contribution in [2.24, 2.45) is 11.7 Å². The summed E-state index contributed by atoms with van der Waals surface area (Å²) in [7, 11) is 0. The molecule has 0 bridgehead atoms. The lowest BCUT2D eigenvalue weighted by Gasteiger charge is -2.38. The first-order valence-electron chi connectivity index (χ1n) is 6.69. The van der Waals surface area contributed by atoms with Gasteiger partial charge in [0.1, 0.15) is 0 Å². The zero-order chi connectivity index (χ0) is 13.1. The summed E-state index contributed by atoms with van der Waals surface area (Å²) in [5, 5.41) is 0. The van der Waals surface area contributed by atoms with Crippen LogP contribution < -0.4 is 16.2 Å². The molecule has 1 aliphatic rings. The van der Waals surface area contributed by atoms with Crippen LogP contribution in [0.2, 0.25) is 0 Å². The van der Waals surface area contributed by atoms with Crippen molar-refractivity contribution in [3.05, 3.63) is 22.7 Å². The second-order valence-electron chi connectivity index (χ2n) is 5.02. The Kier molecular flexibility index (Phi) is 4.01. The van der Waals surface area contributed by atoms with Crippen LogP contribution in [0.4, 0.5) is 5.82 Å². The van der Waals surface area contributed by atoms with Crippen molar-refractivity contribution >= 4 is 5.82 Å². The molecule has 0 amide bonds. The lowest BCUT2D eigenvalue weighted by atomic mass is 9.93. The van der Waals surface area contributed by atoms with Crippen LogP contribution in [0.15, 0.2) is 17.2 Å². The number of nitrogens with two attached hydrogens (primary N) is 1. The van der Waals surface area contributed by atoms with Crippen LogP contribution in [0.5, 0.6) is 0 Å². The molecule has 18 heavy (non-hydrogen) atoms. The summed E-state index contributed by atoms with van der Waals surface area (Å²) < 4.78 is 1.70. The van der Waals surface area contributed by atoms with E-state index in [4.69, 9.17) is 5.73 Å². The number of hydrogen-bond donors (Lipinski definition) is 1. The van der Waals surface area contributed by atoms with E-state index in [1.54, 1.807) is 17.0 Å². The maximum atomic E-state index is 12.3. The van der Waals surface area contributed by atoms with Gasteiger partial charge >= 0.3 is 0 Å². The summed E-state index contributed by atoms with van der Waals surface area (Å²) in [5.74, 6) is 1.04. The lowest BCUT2D eigenvalue weighted by molar-refractivity contribution is 0.370. The maximum Gasteiger partial charge on any atom is 0.293 e. The second kappa shape index (κ2) is 5.52. The highest BCUT2D eigenvalue weighted by atomic mass is 16.1. The Morgan fingerprint density at radius 1 is 1.50 bits per heavy atom. The van der Waals surface area contributed by atoms with E-state index in [-0.39, 0.29) is 5.56 Å². The third kappa shape index (κ3) is 2.41. The van der Waals surface area contributed by atoms with E-state index in [2.05, 4.69) is 16.8 Å². The van der Waals surface area contributed by atoms with Gasteiger partial charge in [-0.3, -0.25) is 4.79 Å². The minimum atomic E-state index is 0.00419. The fourth-order valence-corrected chi connectivity index (χ4v) is 2.55. The quantitative estimate of drug-likeness (QED) is 0.863. The van der Waals surface area contributed by atoms with Crippen LogP contribution in [-0.4, -0.2) is 28.7 Å². The number of nitrogens with zero attached hydrogens (tertiary/aromatic N) is 3. The molecule has 0 saturated carbocycles. The highest BCUT2D eigenvalue weighted by molar-refractivity contribution is 5.38. The van der Waals surface area contributed by atoms with Gasteiger partial charge in [0.25, 0.3) is 5.56 Å². The van der Waals surface area contributed by atoms with E-state index >= 15 is 0 Å². The standard InChI is InChI=1S/C13H22N4O/c1-3-16-7-6-15-12(13(16)18)17-9-11(8-14)5-4-10(17)2/h6-7,10-11H,3-5,8-9,14H2,1-2H3. The molecule has 1 saturated heterocycles. The minimum absolute atomic E-state index is 0.00419. The van der Waals surface area contributed by atoms with Gasteiger partial charge in [-0.05, 0) is 39.2 Å². The molecule has 0 spiro atoms. The van der Waals surface area contributed by atoms with Gasteiger partial charge in [0.15, 0.2) is 5.82 Å². The molecule has 100 valence electrons. The molecule has 2 rings (SSSR count). The molecule has 1 aromatic heterocycles. The van der Waals surface area contributed by atoms with Gasteiger partial charge in [0, 0.05) is 31.5 Å². The Morgan fingerprint density at radius 3 is 2.94 bits per heavy atom. The Bertz CT molecular complexity index is 457. The molecule has 2 N–H and O–H groups in total. The molecule has 5 heteroatoms. The Labute approximate surface area is 108 Å². The normalized spacial score (nSPS) is 24.3. The van der Waals surface area contributed by atoms with Gasteiger partial charge in [-0.25, -0.2) is 4.98 Å². The highest BCUT2D eigenvalue weighted by Crippen LogP contribution is 2.23. The first-order chi connectivity index (χ1) is 8.67. The molecular formula is C13H22N4O. The number of aryl methyl sites for hydroxylation is 1. The minimum Gasteiger partial charge on any atom is -0.349 e. The van der Waals surface area contributed by atoms with Gasteiger partial charge in [-0.1, -0.05) is 0 Å². The van der Waals surface area contributed by atoms with Crippen LogP contribution in [0, 0.1) is 5.92 Å². The zero-order valence-electron chi connectivity index (χ0n) is 11.2. The SMILES string of the molecule is CCn1ccnc(N2CC(CN)CCC2C)c1=O. The molecule has 2 atom stereocenters. The third-order valence-corrected chi connectivity index (χ3v) is 3.82. The van der Waals surface area contributed by atoms with E-state index in [1.807, 2.05) is 6.92 Å². The van der Waals surface area contributed by atoms with Crippen molar-refractivity contribution in [3.8, 4) is 0 Å². The summed E-state index contributed by atoms with van der Waals surface area (Å²) >= 11 is 0. The van der Waals surface area contributed by atoms with Gasteiger partial charge in [0.2, 0.25) is 0 Å². The van der Waals surface area contributed by atoms with E-state index in [9.17, 15) is 4.79 Å². The van der Waals surface area contributed by atoms with Crippen molar-refractivity contribution in [3.63, 3.8) is 0 Å². The summed E-state index contributed by atoms with van der Waals surface area (Å²) in [6.45, 7) is 6.31. The predicted octanol–water partition coefficient (Wildman–Crippen LogP) is 0.827. The van der Waals surface area contributed by atoms with E-state index < -0.39 is 0 Å². The zero-order valence-corrected chi connectivity index (χ0v) is 11.2. The third-order valence-electron chi connectivity index (χ3n) is 3.82. The summed E-state index contributed by atoms with van der Waals surface area (Å²) in [4.78, 5) is 18.7. The van der Waals surface area contributed by atoms with Crippen molar-refractivity contribution in [2.75, 3.05) is 18.0 Å². The van der Waals surface area contributed by atoms with E-state index in [0.717, 1.165) is 19.4 Å². The molecule has 0 aromatic carbocycles. The maximum absolute atomic E-state index is 12.3. The summed E-state index contributed by atoms with van der Waals surface area (Å²) in [5.41, 5.74) is 5.76. The Hall–Kier alpha value is -1.36. The summed E-state index contributed by atoms with van der Waals surface area (Å²) in [6, 6.07) is 0.362. The van der Waals surface area contributed by atoms with Crippen molar-refractivity contribution in [1.29, 1.82) is 0 Å². The summed E-state index contributed by atoms with van der Waals surface area (Å²) in [6.07, 6.45) is 5.66. The number of aromatic nitrogens is 2. The van der Waals surface area contributed by atoms with Crippen LogP contribution >= 0.6 is 0 Å². The monoisotopic (exact) mass is 250 g/mol. The molecule has 1 aliphatic heterocycles. The fraction of sp³-hybridized carbons (Fsp3) is 0.692. The van der Waals surface area contributed by atoms with Gasteiger partial charge < -0.3 is 15.2 Å². The van der Waals surface area contributed by atoms with Crippen LogP contribution in [0.3, 0.4) is 0 Å².